The third-order valence-corrected chi connectivity index (χ3v) is 5.89. The number of benzene rings is 1. The summed E-state index contributed by atoms with van der Waals surface area (Å²) < 4.78 is 0. The second kappa shape index (κ2) is 7.08. The molecule has 0 fully saturated rings. The van der Waals surface area contributed by atoms with Crippen LogP contribution in [0.1, 0.15) is 49.2 Å². The van der Waals surface area contributed by atoms with Gasteiger partial charge in [-0.25, -0.2) is 0 Å². The highest BCUT2D eigenvalue weighted by atomic mass is 32.1. The van der Waals surface area contributed by atoms with Crippen LogP contribution < -0.4 is 5.32 Å². The van der Waals surface area contributed by atoms with Crippen molar-refractivity contribution >= 4 is 17.2 Å². The van der Waals surface area contributed by atoms with Crippen molar-refractivity contribution < 1.29 is 4.79 Å². The zero-order valence-corrected chi connectivity index (χ0v) is 15.5. The Morgan fingerprint density at radius 2 is 2.04 bits per heavy atom. The topological polar surface area (TPSA) is 32.3 Å². The van der Waals surface area contributed by atoms with E-state index in [9.17, 15) is 4.79 Å². The monoisotopic (exact) mass is 342 g/mol. The van der Waals surface area contributed by atoms with Crippen molar-refractivity contribution in [3.63, 3.8) is 0 Å². The van der Waals surface area contributed by atoms with Crippen LogP contribution in [0.25, 0.3) is 0 Å². The first-order valence-corrected chi connectivity index (χ1v) is 9.54. The summed E-state index contributed by atoms with van der Waals surface area (Å²) in [6, 6.07) is 12.9. The van der Waals surface area contributed by atoms with Crippen LogP contribution in [0.15, 0.2) is 41.8 Å². The number of hydrogen-bond acceptors (Lipinski definition) is 3. The Morgan fingerprint density at radius 1 is 1.29 bits per heavy atom. The average Bonchev–Trinajstić information content (AvgIpc) is 3.03. The Balaban J connectivity index is 1.83. The van der Waals surface area contributed by atoms with Crippen molar-refractivity contribution in [2.75, 3.05) is 13.1 Å². The van der Waals surface area contributed by atoms with Gasteiger partial charge in [-0.2, -0.15) is 0 Å². The molecule has 1 aromatic heterocycles. The zero-order chi connectivity index (χ0) is 17.2. The molecule has 1 atom stereocenters. The zero-order valence-electron chi connectivity index (χ0n) is 14.7. The molecule has 3 nitrogen and oxygen atoms in total. The number of fused-ring (bicyclic) bond motifs is 1. The molecule has 0 bridgehead atoms. The molecule has 1 amide bonds. The van der Waals surface area contributed by atoms with E-state index in [0.29, 0.717) is 6.54 Å². The largest absolute Gasteiger partial charge is 0.350 e. The van der Waals surface area contributed by atoms with E-state index in [0.717, 1.165) is 19.4 Å². The molecule has 1 aromatic carbocycles. The van der Waals surface area contributed by atoms with Gasteiger partial charge in [0.15, 0.2) is 0 Å². The van der Waals surface area contributed by atoms with Crippen LogP contribution in [0.2, 0.25) is 0 Å². The lowest BCUT2D eigenvalue weighted by molar-refractivity contribution is -0.124. The summed E-state index contributed by atoms with van der Waals surface area (Å²) in [6.45, 7) is 7.62. The van der Waals surface area contributed by atoms with Crippen LogP contribution in [0.3, 0.4) is 0 Å². The molecule has 0 aliphatic carbocycles. The molecule has 2 heterocycles. The average molecular weight is 343 g/mol. The Kier molecular flexibility index (Phi) is 5.07. The molecule has 3 rings (SSSR count). The number of amides is 1. The predicted octanol–water partition coefficient (Wildman–Crippen LogP) is 4.00. The number of rotatable bonds is 5. The molecule has 128 valence electrons. The first-order chi connectivity index (χ1) is 11.5. The fourth-order valence-corrected chi connectivity index (χ4v) is 4.16. The van der Waals surface area contributed by atoms with E-state index in [-0.39, 0.29) is 17.5 Å². The first-order valence-electron chi connectivity index (χ1n) is 8.66. The van der Waals surface area contributed by atoms with Gasteiger partial charge >= 0.3 is 0 Å². The fourth-order valence-electron chi connectivity index (χ4n) is 3.25. The van der Waals surface area contributed by atoms with Crippen molar-refractivity contribution in [3.8, 4) is 0 Å². The van der Waals surface area contributed by atoms with Gasteiger partial charge in [-0.15, -0.1) is 11.3 Å². The van der Waals surface area contributed by atoms with E-state index in [2.05, 4.69) is 66.7 Å². The van der Waals surface area contributed by atoms with Crippen molar-refractivity contribution in [2.45, 2.75) is 45.2 Å². The van der Waals surface area contributed by atoms with Gasteiger partial charge in [0.2, 0.25) is 5.91 Å². The highest BCUT2D eigenvalue weighted by Crippen LogP contribution is 2.37. The molecule has 1 N–H and O–H groups in total. The number of nitrogens with one attached hydrogen (secondary N) is 1. The standard InChI is InChI=1S/C20H26N2OS/c1-4-20(2,3)21-18(23)14-22-12-10-17-16(11-13-24-17)19(22)15-8-6-5-7-9-15/h5-9,11,13,19H,4,10,12,14H2,1-3H3,(H,21,23). The number of nitrogens with zero attached hydrogens (tertiary/aromatic N) is 1. The molecular weight excluding hydrogens is 316 g/mol. The highest BCUT2D eigenvalue weighted by molar-refractivity contribution is 7.10. The van der Waals surface area contributed by atoms with Gasteiger partial charge in [-0.05, 0) is 49.3 Å². The quantitative estimate of drug-likeness (QED) is 0.891. The Hall–Kier alpha value is -1.65. The van der Waals surface area contributed by atoms with E-state index < -0.39 is 0 Å². The first kappa shape index (κ1) is 17.2. The fraction of sp³-hybridized carbons (Fsp3) is 0.450. The lowest BCUT2D eigenvalue weighted by Gasteiger charge is -2.36. The lowest BCUT2D eigenvalue weighted by atomic mass is 9.93. The number of hydrogen-bond donors (Lipinski definition) is 1. The minimum atomic E-state index is -0.150. The normalized spacial score (nSPS) is 18.2. The van der Waals surface area contributed by atoms with Crippen LogP contribution >= 0.6 is 11.3 Å². The summed E-state index contributed by atoms with van der Waals surface area (Å²) in [6.07, 6.45) is 1.95. The third kappa shape index (κ3) is 3.70. The van der Waals surface area contributed by atoms with Crippen LogP contribution in [0.5, 0.6) is 0 Å². The molecule has 1 unspecified atom stereocenters. The molecule has 24 heavy (non-hydrogen) atoms. The second-order valence-corrected chi connectivity index (χ2v) is 8.12. The van der Waals surface area contributed by atoms with Gasteiger partial charge in [0.05, 0.1) is 12.6 Å². The molecule has 1 aliphatic rings. The molecule has 0 spiro atoms. The maximum Gasteiger partial charge on any atom is 0.234 e. The van der Waals surface area contributed by atoms with Gasteiger partial charge in [-0.1, -0.05) is 37.3 Å². The summed E-state index contributed by atoms with van der Waals surface area (Å²) in [4.78, 5) is 16.3. The molecule has 0 radical (unpaired) electrons. The van der Waals surface area contributed by atoms with E-state index in [1.807, 2.05) is 17.4 Å². The van der Waals surface area contributed by atoms with E-state index >= 15 is 0 Å². The maximum atomic E-state index is 12.6. The van der Waals surface area contributed by atoms with Crippen molar-refractivity contribution in [1.82, 2.24) is 10.2 Å². The van der Waals surface area contributed by atoms with Gasteiger partial charge in [-0.3, -0.25) is 9.69 Å². The Morgan fingerprint density at radius 3 is 2.75 bits per heavy atom. The second-order valence-electron chi connectivity index (χ2n) is 7.12. The highest BCUT2D eigenvalue weighted by Gasteiger charge is 2.31. The van der Waals surface area contributed by atoms with Gasteiger partial charge in [0.25, 0.3) is 0 Å². The summed E-state index contributed by atoms with van der Waals surface area (Å²) in [7, 11) is 0. The third-order valence-electron chi connectivity index (χ3n) is 4.89. The van der Waals surface area contributed by atoms with Crippen LogP contribution in [0.4, 0.5) is 0 Å². The Bertz CT molecular complexity index is 693. The summed E-state index contributed by atoms with van der Waals surface area (Å²) in [5, 5.41) is 5.34. The van der Waals surface area contributed by atoms with Gasteiger partial charge in [0.1, 0.15) is 0 Å². The predicted molar refractivity (Wildman–Crippen MR) is 100 cm³/mol. The molecule has 2 aromatic rings. The summed E-state index contributed by atoms with van der Waals surface area (Å²) in [5.74, 6) is 0.112. The molecule has 4 heteroatoms. The lowest BCUT2D eigenvalue weighted by Crippen LogP contribution is -2.49. The van der Waals surface area contributed by atoms with Crippen molar-refractivity contribution in [2.24, 2.45) is 0 Å². The molecule has 0 saturated carbocycles. The summed E-state index contributed by atoms with van der Waals surface area (Å²) in [5.41, 5.74) is 2.47. The van der Waals surface area contributed by atoms with Crippen LogP contribution in [-0.2, 0) is 11.2 Å². The van der Waals surface area contributed by atoms with Crippen molar-refractivity contribution in [1.29, 1.82) is 0 Å². The van der Waals surface area contributed by atoms with E-state index in [1.165, 1.54) is 16.0 Å². The van der Waals surface area contributed by atoms with Crippen LogP contribution in [-0.4, -0.2) is 29.4 Å². The molecule has 0 saturated heterocycles. The summed E-state index contributed by atoms with van der Waals surface area (Å²) >= 11 is 1.83. The van der Waals surface area contributed by atoms with E-state index in [4.69, 9.17) is 0 Å². The van der Waals surface area contributed by atoms with Gasteiger partial charge in [0, 0.05) is 17.0 Å². The number of carbonyl (C=O) groups is 1. The smallest absolute Gasteiger partial charge is 0.234 e. The van der Waals surface area contributed by atoms with Crippen molar-refractivity contribution in [3.05, 3.63) is 57.8 Å². The SMILES string of the molecule is CCC(C)(C)NC(=O)CN1CCc2sccc2C1c1ccccc1. The number of thiophene rings is 1. The maximum absolute atomic E-state index is 12.6. The molecule has 1 aliphatic heterocycles. The minimum absolute atomic E-state index is 0.112. The van der Waals surface area contributed by atoms with Crippen LogP contribution in [0, 0.1) is 0 Å². The Labute approximate surface area is 148 Å². The van der Waals surface area contributed by atoms with Gasteiger partial charge < -0.3 is 5.32 Å². The van der Waals surface area contributed by atoms with E-state index in [1.54, 1.807) is 0 Å². The molecular formula is C20H26N2OS. The minimum Gasteiger partial charge on any atom is -0.350 e. The number of carbonyl (C=O) groups excluding carboxylic acids is 1.